The number of halogens is 1. The van der Waals surface area contributed by atoms with E-state index in [4.69, 9.17) is 5.11 Å². The molecule has 2 heterocycles. The molecule has 1 aromatic rings. The van der Waals surface area contributed by atoms with Gasteiger partial charge >= 0.3 is 5.97 Å². The molecular weight excluding hydrogens is 330 g/mol. The molecule has 0 aromatic carbocycles. The van der Waals surface area contributed by atoms with E-state index in [9.17, 15) is 9.59 Å². The van der Waals surface area contributed by atoms with Crippen LogP contribution in [0.4, 0.5) is 0 Å². The van der Waals surface area contributed by atoms with Crippen LogP contribution in [0.3, 0.4) is 0 Å². The lowest BCUT2D eigenvalue weighted by Gasteiger charge is -2.32. The number of carbonyl (C=O) groups excluding carboxylic acids is 1. The first-order valence-electron chi connectivity index (χ1n) is 6.28. The van der Waals surface area contributed by atoms with E-state index in [2.05, 4.69) is 15.9 Å². The molecule has 1 N–H and O–H groups in total. The molecule has 1 atom stereocenters. The van der Waals surface area contributed by atoms with E-state index < -0.39 is 5.97 Å². The van der Waals surface area contributed by atoms with Gasteiger partial charge in [-0.3, -0.25) is 9.59 Å². The number of piperidine rings is 1. The average molecular weight is 344 g/mol. The van der Waals surface area contributed by atoms with Crippen molar-refractivity contribution in [2.24, 2.45) is 11.3 Å². The summed E-state index contributed by atoms with van der Waals surface area (Å²) in [6.07, 6.45) is 2.43. The van der Waals surface area contributed by atoms with Crippen LogP contribution in [0.15, 0.2) is 15.9 Å². The molecule has 0 bridgehead atoms. The second kappa shape index (κ2) is 4.59. The minimum Gasteiger partial charge on any atom is -0.481 e. The van der Waals surface area contributed by atoms with Crippen LogP contribution in [0.25, 0.3) is 0 Å². The van der Waals surface area contributed by atoms with Crippen LogP contribution in [0.1, 0.15) is 28.9 Å². The van der Waals surface area contributed by atoms with E-state index in [0.29, 0.717) is 13.1 Å². The molecule has 1 amide bonds. The highest BCUT2D eigenvalue weighted by Gasteiger charge is 2.59. The summed E-state index contributed by atoms with van der Waals surface area (Å²) in [6.45, 7) is 1.36. The lowest BCUT2D eigenvalue weighted by atomic mass is 9.91. The summed E-state index contributed by atoms with van der Waals surface area (Å²) in [5.74, 6) is -0.791. The van der Waals surface area contributed by atoms with Gasteiger partial charge in [-0.15, -0.1) is 11.3 Å². The quantitative estimate of drug-likeness (QED) is 0.898. The fraction of sp³-hybridized carbons (Fsp3) is 0.538. The van der Waals surface area contributed by atoms with Crippen molar-refractivity contribution in [2.75, 3.05) is 13.1 Å². The number of hydrogen-bond acceptors (Lipinski definition) is 3. The Bertz CT molecular complexity index is 534. The first-order chi connectivity index (χ1) is 9.02. The van der Waals surface area contributed by atoms with Crippen LogP contribution < -0.4 is 0 Å². The summed E-state index contributed by atoms with van der Waals surface area (Å²) >= 11 is 4.79. The molecule has 1 unspecified atom stereocenters. The lowest BCUT2D eigenvalue weighted by Crippen LogP contribution is -2.39. The fourth-order valence-electron chi connectivity index (χ4n) is 2.99. The van der Waals surface area contributed by atoms with E-state index in [-0.39, 0.29) is 17.2 Å². The van der Waals surface area contributed by atoms with Crippen molar-refractivity contribution in [3.8, 4) is 0 Å². The molecule has 1 spiro atoms. The molecule has 2 fully saturated rings. The van der Waals surface area contributed by atoms with Crippen LogP contribution in [0.2, 0.25) is 0 Å². The van der Waals surface area contributed by atoms with Gasteiger partial charge in [-0.2, -0.15) is 0 Å². The van der Waals surface area contributed by atoms with Crippen molar-refractivity contribution in [1.82, 2.24) is 4.90 Å². The van der Waals surface area contributed by atoms with Gasteiger partial charge < -0.3 is 10.0 Å². The smallest absolute Gasteiger partial charge is 0.307 e. The van der Waals surface area contributed by atoms with Gasteiger partial charge in [0, 0.05) is 22.9 Å². The molecule has 19 heavy (non-hydrogen) atoms. The van der Waals surface area contributed by atoms with Crippen molar-refractivity contribution < 1.29 is 14.7 Å². The Morgan fingerprint density at radius 1 is 1.42 bits per heavy atom. The Balaban J connectivity index is 1.62. The second-order valence-electron chi connectivity index (χ2n) is 5.38. The molecule has 0 radical (unpaired) electrons. The van der Waals surface area contributed by atoms with Gasteiger partial charge in [-0.25, -0.2) is 0 Å². The van der Waals surface area contributed by atoms with E-state index in [1.54, 1.807) is 0 Å². The standard InChI is InChI=1S/C13H14BrNO3S/c14-8-5-10(19-7-8)11(16)15-3-1-13(2-4-15)6-9(13)12(17)18/h5,7,9H,1-4,6H2,(H,17,18). The van der Waals surface area contributed by atoms with Crippen LogP contribution in [-0.4, -0.2) is 35.0 Å². The van der Waals surface area contributed by atoms with E-state index in [1.807, 2.05) is 16.3 Å². The third kappa shape index (κ3) is 2.31. The maximum atomic E-state index is 12.3. The number of amides is 1. The van der Waals surface area contributed by atoms with Crippen molar-refractivity contribution in [1.29, 1.82) is 0 Å². The Morgan fingerprint density at radius 3 is 2.58 bits per heavy atom. The Morgan fingerprint density at radius 2 is 2.11 bits per heavy atom. The average Bonchev–Trinajstić information content (AvgIpc) is 2.91. The monoisotopic (exact) mass is 343 g/mol. The number of carbonyl (C=O) groups is 2. The molecular formula is C13H14BrNO3S. The molecule has 1 aliphatic carbocycles. The van der Waals surface area contributed by atoms with E-state index in [0.717, 1.165) is 28.6 Å². The summed E-state index contributed by atoms with van der Waals surface area (Å²) in [7, 11) is 0. The van der Waals surface area contributed by atoms with Gasteiger partial charge in [0.05, 0.1) is 10.8 Å². The molecule has 1 saturated carbocycles. The van der Waals surface area contributed by atoms with Crippen molar-refractivity contribution in [3.05, 3.63) is 20.8 Å². The molecule has 1 saturated heterocycles. The van der Waals surface area contributed by atoms with Crippen LogP contribution in [-0.2, 0) is 4.79 Å². The maximum absolute atomic E-state index is 12.3. The van der Waals surface area contributed by atoms with Crippen molar-refractivity contribution in [2.45, 2.75) is 19.3 Å². The zero-order valence-corrected chi connectivity index (χ0v) is 12.7. The molecule has 102 valence electrons. The Labute approximate surface area is 123 Å². The highest BCUT2D eigenvalue weighted by atomic mass is 79.9. The zero-order chi connectivity index (χ0) is 13.6. The van der Waals surface area contributed by atoms with Crippen LogP contribution in [0, 0.1) is 11.3 Å². The zero-order valence-electron chi connectivity index (χ0n) is 10.3. The number of hydrogen-bond donors (Lipinski definition) is 1. The third-order valence-electron chi connectivity index (χ3n) is 4.31. The minimum atomic E-state index is -0.679. The SMILES string of the molecule is O=C(O)C1CC12CCN(C(=O)c1cc(Br)cs1)CC2. The van der Waals surface area contributed by atoms with Crippen LogP contribution in [0.5, 0.6) is 0 Å². The first-order valence-corrected chi connectivity index (χ1v) is 7.95. The molecule has 1 aromatic heterocycles. The summed E-state index contributed by atoms with van der Waals surface area (Å²) in [4.78, 5) is 25.8. The van der Waals surface area contributed by atoms with Crippen LogP contribution >= 0.6 is 27.3 Å². The summed E-state index contributed by atoms with van der Waals surface area (Å²) in [6, 6.07) is 1.84. The van der Waals surface area contributed by atoms with Crippen molar-refractivity contribution in [3.63, 3.8) is 0 Å². The summed E-state index contributed by atoms with van der Waals surface area (Å²) < 4.78 is 0.933. The van der Waals surface area contributed by atoms with Gasteiger partial charge in [0.15, 0.2) is 0 Å². The van der Waals surface area contributed by atoms with E-state index in [1.165, 1.54) is 11.3 Å². The highest BCUT2D eigenvalue weighted by molar-refractivity contribution is 9.10. The van der Waals surface area contributed by atoms with Gasteiger partial charge in [0.1, 0.15) is 0 Å². The minimum absolute atomic E-state index is 0.0152. The van der Waals surface area contributed by atoms with E-state index >= 15 is 0 Å². The topological polar surface area (TPSA) is 57.6 Å². The molecule has 4 nitrogen and oxygen atoms in total. The van der Waals surface area contributed by atoms with Gasteiger partial charge in [0.2, 0.25) is 0 Å². The van der Waals surface area contributed by atoms with Gasteiger partial charge in [-0.1, -0.05) is 0 Å². The lowest BCUT2D eigenvalue weighted by molar-refractivity contribution is -0.139. The molecule has 1 aliphatic heterocycles. The number of thiophene rings is 1. The largest absolute Gasteiger partial charge is 0.481 e. The third-order valence-corrected chi connectivity index (χ3v) is 5.99. The predicted octanol–water partition coefficient (Wildman–Crippen LogP) is 2.84. The first kappa shape index (κ1) is 13.1. The Hall–Kier alpha value is -0.880. The normalized spacial score (nSPS) is 24.5. The van der Waals surface area contributed by atoms with Gasteiger partial charge in [0.25, 0.3) is 5.91 Å². The Kier molecular flexibility index (Phi) is 3.17. The molecule has 2 aliphatic rings. The van der Waals surface area contributed by atoms with Crippen molar-refractivity contribution >= 4 is 39.1 Å². The number of likely N-dealkylation sites (tertiary alicyclic amines) is 1. The number of aliphatic carboxylic acids is 1. The number of carboxylic acids is 1. The second-order valence-corrected chi connectivity index (χ2v) is 7.21. The van der Waals surface area contributed by atoms with Gasteiger partial charge in [-0.05, 0) is 46.7 Å². The fourth-order valence-corrected chi connectivity index (χ4v) is 4.38. The maximum Gasteiger partial charge on any atom is 0.307 e. The highest BCUT2D eigenvalue weighted by Crippen LogP contribution is 2.59. The molecule has 3 rings (SSSR count). The number of nitrogens with zero attached hydrogens (tertiary/aromatic N) is 1. The molecule has 6 heteroatoms. The summed E-state index contributed by atoms with van der Waals surface area (Å²) in [5.41, 5.74) is -0.0152. The number of carboxylic acid groups (broad SMARTS) is 1. The summed E-state index contributed by atoms with van der Waals surface area (Å²) in [5, 5.41) is 10.9. The predicted molar refractivity (Wildman–Crippen MR) is 75.3 cm³/mol. The number of rotatable bonds is 2.